The molecule has 0 amide bonds. The molecule has 1 aromatic heterocycles. The summed E-state index contributed by atoms with van der Waals surface area (Å²) in [5.74, 6) is 1.73. The van der Waals surface area contributed by atoms with Crippen molar-refractivity contribution in [2.24, 2.45) is 0 Å². The van der Waals surface area contributed by atoms with Crippen LogP contribution in [0, 0.1) is 37.8 Å². The van der Waals surface area contributed by atoms with Crippen LogP contribution in [0.25, 0.3) is 0 Å². The number of nitrogens with zero attached hydrogens (tertiary/aromatic N) is 3. The molecule has 0 saturated heterocycles. The highest BCUT2D eigenvalue weighted by atomic mass is 16.6. The summed E-state index contributed by atoms with van der Waals surface area (Å²) >= 11 is 0. The Balaban J connectivity index is 2.46. The largest absolute Gasteiger partial charge is 0.438 e. The standard InChI is InChI=1S/C14H16N4O3/c1-7-6-12(8(2)5-11(7)18(19)20)21-14-9(3)13(15)16-10(4)17-14/h5-6H,1-4H3,(H2,15,16,17). The van der Waals surface area contributed by atoms with Gasteiger partial charge in [-0.25, -0.2) is 4.98 Å². The molecule has 2 N–H and O–H groups in total. The van der Waals surface area contributed by atoms with Gasteiger partial charge in [0.05, 0.1) is 10.5 Å². The summed E-state index contributed by atoms with van der Waals surface area (Å²) in [5.41, 5.74) is 7.67. The maximum Gasteiger partial charge on any atom is 0.272 e. The van der Waals surface area contributed by atoms with Crippen molar-refractivity contribution >= 4 is 11.5 Å². The molecular weight excluding hydrogens is 272 g/mol. The number of aryl methyl sites for hydroxylation is 3. The summed E-state index contributed by atoms with van der Waals surface area (Å²) < 4.78 is 5.76. The van der Waals surface area contributed by atoms with E-state index in [0.29, 0.717) is 40.0 Å². The van der Waals surface area contributed by atoms with Gasteiger partial charge in [-0.15, -0.1) is 0 Å². The average molecular weight is 288 g/mol. The lowest BCUT2D eigenvalue weighted by molar-refractivity contribution is -0.385. The Labute approximate surface area is 121 Å². The van der Waals surface area contributed by atoms with Gasteiger partial charge >= 0.3 is 0 Å². The third kappa shape index (κ3) is 2.91. The highest BCUT2D eigenvalue weighted by Gasteiger charge is 2.16. The summed E-state index contributed by atoms with van der Waals surface area (Å²) in [6.45, 7) is 6.89. The van der Waals surface area contributed by atoms with Crippen LogP contribution >= 0.6 is 0 Å². The fourth-order valence-corrected chi connectivity index (χ4v) is 1.91. The molecular formula is C14H16N4O3. The van der Waals surface area contributed by atoms with Crippen LogP contribution in [0.15, 0.2) is 12.1 Å². The summed E-state index contributed by atoms with van der Waals surface area (Å²) in [6, 6.07) is 3.11. The lowest BCUT2D eigenvalue weighted by Crippen LogP contribution is -2.03. The van der Waals surface area contributed by atoms with Gasteiger partial charge in [-0.05, 0) is 39.3 Å². The fraction of sp³-hybridized carbons (Fsp3) is 0.286. The van der Waals surface area contributed by atoms with Crippen LogP contribution in [0.1, 0.15) is 22.5 Å². The van der Waals surface area contributed by atoms with Crippen LogP contribution in [0.5, 0.6) is 11.6 Å². The Morgan fingerprint density at radius 1 is 1.14 bits per heavy atom. The van der Waals surface area contributed by atoms with Gasteiger partial charge in [0, 0.05) is 11.6 Å². The molecule has 0 unspecified atom stereocenters. The molecule has 1 aromatic carbocycles. The zero-order chi connectivity index (χ0) is 15.7. The van der Waals surface area contributed by atoms with Crippen LogP contribution in [0.4, 0.5) is 11.5 Å². The maximum atomic E-state index is 10.9. The molecule has 0 atom stereocenters. The second-order valence-corrected chi connectivity index (χ2v) is 4.85. The van der Waals surface area contributed by atoms with Crippen LogP contribution < -0.4 is 10.5 Å². The Morgan fingerprint density at radius 3 is 2.43 bits per heavy atom. The summed E-state index contributed by atoms with van der Waals surface area (Å²) in [7, 11) is 0. The van der Waals surface area contributed by atoms with E-state index in [4.69, 9.17) is 10.5 Å². The molecule has 0 spiro atoms. The van der Waals surface area contributed by atoms with E-state index >= 15 is 0 Å². The molecule has 7 heteroatoms. The SMILES string of the molecule is Cc1nc(N)c(C)c(Oc2cc(C)c([N+](=O)[O-])cc2C)n1. The average Bonchev–Trinajstić information content (AvgIpc) is 2.38. The van der Waals surface area contributed by atoms with Crippen molar-refractivity contribution in [1.82, 2.24) is 9.97 Å². The number of nitrogen functional groups attached to an aromatic ring is 1. The molecule has 0 aliphatic heterocycles. The smallest absolute Gasteiger partial charge is 0.272 e. The van der Waals surface area contributed by atoms with Crippen molar-refractivity contribution in [3.8, 4) is 11.6 Å². The molecule has 7 nitrogen and oxygen atoms in total. The minimum Gasteiger partial charge on any atom is -0.438 e. The van der Waals surface area contributed by atoms with Gasteiger partial charge in [0.25, 0.3) is 5.69 Å². The second kappa shape index (κ2) is 5.35. The number of nitro benzene ring substituents is 1. The molecule has 110 valence electrons. The number of nitrogens with two attached hydrogens (primary N) is 1. The monoisotopic (exact) mass is 288 g/mol. The van der Waals surface area contributed by atoms with Gasteiger partial charge in [-0.1, -0.05) is 0 Å². The third-order valence-electron chi connectivity index (χ3n) is 3.15. The number of hydrogen-bond donors (Lipinski definition) is 1. The Bertz CT molecular complexity index is 729. The number of nitro groups is 1. The molecule has 0 fully saturated rings. The number of aromatic nitrogens is 2. The van der Waals surface area contributed by atoms with Gasteiger partial charge in [0.2, 0.25) is 5.88 Å². The molecule has 0 aliphatic carbocycles. The maximum absolute atomic E-state index is 10.9. The van der Waals surface area contributed by atoms with Crippen LogP contribution in [0.2, 0.25) is 0 Å². The quantitative estimate of drug-likeness (QED) is 0.687. The lowest BCUT2D eigenvalue weighted by atomic mass is 10.1. The molecule has 0 bridgehead atoms. The predicted octanol–water partition coefficient (Wildman–Crippen LogP) is 2.99. The molecule has 2 rings (SSSR count). The highest BCUT2D eigenvalue weighted by Crippen LogP contribution is 2.32. The van der Waals surface area contributed by atoms with Gasteiger partial charge < -0.3 is 10.5 Å². The van der Waals surface area contributed by atoms with E-state index in [2.05, 4.69) is 9.97 Å². The van der Waals surface area contributed by atoms with E-state index in [1.807, 2.05) is 0 Å². The summed E-state index contributed by atoms with van der Waals surface area (Å²) in [5, 5.41) is 10.9. The molecule has 0 aliphatic rings. The summed E-state index contributed by atoms with van der Waals surface area (Å²) in [4.78, 5) is 18.8. The van der Waals surface area contributed by atoms with Crippen molar-refractivity contribution < 1.29 is 9.66 Å². The van der Waals surface area contributed by atoms with Crippen LogP contribution in [-0.2, 0) is 0 Å². The zero-order valence-corrected chi connectivity index (χ0v) is 12.3. The zero-order valence-electron chi connectivity index (χ0n) is 12.3. The minimum atomic E-state index is -0.413. The normalized spacial score (nSPS) is 10.5. The second-order valence-electron chi connectivity index (χ2n) is 4.85. The highest BCUT2D eigenvalue weighted by molar-refractivity contribution is 5.52. The van der Waals surface area contributed by atoms with E-state index < -0.39 is 4.92 Å². The number of ether oxygens (including phenoxy) is 1. The number of rotatable bonds is 3. The number of anilines is 1. The number of benzene rings is 1. The van der Waals surface area contributed by atoms with Crippen molar-refractivity contribution in [3.63, 3.8) is 0 Å². The minimum absolute atomic E-state index is 0.0648. The first kappa shape index (κ1) is 14.7. The molecule has 0 radical (unpaired) electrons. The molecule has 0 saturated carbocycles. The van der Waals surface area contributed by atoms with E-state index in [-0.39, 0.29) is 5.69 Å². The van der Waals surface area contributed by atoms with Gasteiger partial charge in [0.15, 0.2) is 0 Å². The Morgan fingerprint density at radius 2 is 1.81 bits per heavy atom. The van der Waals surface area contributed by atoms with Gasteiger partial charge in [-0.3, -0.25) is 10.1 Å². The molecule has 1 heterocycles. The predicted molar refractivity (Wildman–Crippen MR) is 78.6 cm³/mol. The van der Waals surface area contributed by atoms with Crippen LogP contribution in [0.3, 0.4) is 0 Å². The van der Waals surface area contributed by atoms with Gasteiger partial charge in [-0.2, -0.15) is 4.98 Å². The van der Waals surface area contributed by atoms with E-state index in [1.165, 1.54) is 6.07 Å². The molecule has 2 aromatic rings. The first-order valence-corrected chi connectivity index (χ1v) is 6.33. The van der Waals surface area contributed by atoms with Crippen molar-refractivity contribution in [3.05, 3.63) is 44.8 Å². The third-order valence-corrected chi connectivity index (χ3v) is 3.15. The Hall–Kier alpha value is -2.70. The fourth-order valence-electron chi connectivity index (χ4n) is 1.91. The number of hydrogen-bond acceptors (Lipinski definition) is 6. The topological polar surface area (TPSA) is 104 Å². The van der Waals surface area contributed by atoms with Crippen molar-refractivity contribution in [2.75, 3.05) is 5.73 Å². The van der Waals surface area contributed by atoms with E-state index in [9.17, 15) is 10.1 Å². The molecule has 21 heavy (non-hydrogen) atoms. The van der Waals surface area contributed by atoms with Crippen molar-refractivity contribution in [2.45, 2.75) is 27.7 Å². The van der Waals surface area contributed by atoms with E-state index in [0.717, 1.165) is 0 Å². The van der Waals surface area contributed by atoms with E-state index in [1.54, 1.807) is 33.8 Å². The summed E-state index contributed by atoms with van der Waals surface area (Å²) in [6.07, 6.45) is 0. The Kier molecular flexibility index (Phi) is 3.75. The lowest BCUT2D eigenvalue weighted by Gasteiger charge is -2.12. The first-order chi connectivity index (χ1) is 9.79. The van der Waals surface area contributed by atoms with Crippen molar-refractivity contribution in [1.29, 1.82) is 0 Å². The van der Waals surface area contributed by atoms with Crippen LogP contribution in [-0.4, -0.2) is 14.9 Å². The van der Waals surface area contributed by atoms with Gasteiger partial charge in [0.1, 0.15) is 17.4 Å². The first-order valence-electron chi connectivity index (χ1n) is 6.33.